The van der Waals surface area contributed by atoms with Gasteiger partial charge in [0.05, 0.1) is 45.8 Å². The summed E-state index contributed by atoms with van der Waals surface area (Å²) in [5.41, 5.74) is 12.2. The normalized spacial score (nSPS) is 12.6. The predicted molar refractivity (Wildman–Crippen MR) is 172 cm³/mol. The molecule has 2 aliphatic rings. The number of H-pyrrole nitrogens is 3. The number of hydrogen-bond acceptors (Lipinski definition) is 7. The number of imidazole rings is 1. The van der Waals surface area contributed by atoms with Gasteiger partial charge in [-0.2, -0.15) is 8.42 Å². The molecule has 7 rings (SSSR count). The summed E-state index contributed by atoms with van der Waals surface area (Å²) in [4.78, 5) is 32.4. The van der Waals surface area contributed by atoms with E-state index in [9.17, 15) is 17.8 Å². The molecule has 0 saturated carbocycles. The molecular formula is C32H27N7O5SSm. The van der Waals surface area contributed by atoms with E-state index in [0.29, 0.717) is 33.7 Å². The fourth-order valence-electron chi connectivity index (χ4n) is 4.93. The number of aromatic amines is 3. The van der Waals surface area contributed by atoms with Crippen molar-refractivity contribution in [2.45, 2.75) is 17.4 Å². The Kier molecular flexibility index (Phi) is 10.1. The first-order chi connectivity index (χ1) is 21.6. The number of aromatic nitrogens is 6. The van der Waals surface area contributed by atoms with Gasteiger partial charge in [0.2, 0.25) is 0 Å². The van der Waals surface area contributed by atoms with E-state index >= 15 is 0 Å². The van der Waals surface area contributed by atoms with Crippen molar-refractivity contribution in [2.75, 3.05) is 0 Å². The topological polar surface area (TPSA) is 204 Å². The summed E-state index contributed by atoms with van der Waals surface area (Å²) in [6.45, 7) is 0. The predicted octanol–water partition coefficient (Wildman–Crippen LogP) is 4.93. The fourth-order valence-corrected chi connectivity index (χ4v) is 5.80. The number of carboxylic acids is 1. The first-order valence-electron chi connectivity index (χ1n) is 13.7. The van der Waals surface area contributed by atoms with Crippen LogP contribution in [0.25, 0.3) is 57.5 Å². The molecule has 0 amide bonds. The molecule has 0 radical (unpaired) electrons. The second kappa shape index (κ2) is 14.0. The Morgan fingerprint density at radius 1 is 0.826 bits per heavy atom. The maximum absolute atomic E-state index is 12.6. The summed E-state index contributed by atoms with van der Waals surface area (Å²) in [6.07, 6.45) is 10.8. The summed E-state index contributed by atoms with van der Waals surface area (Å²) in [7, 11) is -4.57. The minimum atomic E-state index is -4.57. The van der Waals surface area contributed by atoms with Gasteiger partial charge in [-0.15, -0.1) is 0 Å². The molecule has 0 aliphatic carbocycles. The van der Waals surface area contributed by atoms with Crippen molar-refractivity contribution in [3.05, 3.63) is 108 Å². The Labute approximate surface area is 295 Å². The molecule has 232 valence electrons. The van der Waals surface area contributed by atoms with E-state index in [1.807, 2.05) is 60.7 Å². The standard InChI is InChI=1S/C26H18N4O3S.C6H9N3O2.Sm/c31-34(32,33)26-24-15-22-11-9-20(29-22)13-18-7-6-17(27-18)12-19-8-10-21(28-19)14-23(30-24)25(26)16-4-2-1-3-5-16;7-5(6(10)11)1-4-2-8-3-9-4;/h1-15,27,30H,(H,31,32,33);2-3,5H,1,7H2,(H,8,9)(H,10,11);. The van der Waals surface area contributed by atoms with Crippen molar-refractivity contribution in [1.82, 2.24) is 29.9 Å². The summed E-state index contributed by atoms with van der Waals surface area (Å²) in [5, 5.41) is 8.42. The van der Waals surface area contributed by atoms with E-state index in [0.717, 1.165) is 22.4 Å². The van der Waals surface area contributed by atoms with Gasteiger partial charge in [0.25, 0.3) is 10.1 Å². The zero-order valence-corrected chi connectivity index (χ0v) is 27.4. The third-order valence-corrected chi connectivity index (χ3v) is 7.86. The van der Waals surface area contributed by atoms with Crippen molar-refractivity contribution < 1.29 is 63.3 Å². The molecule has 1 aromatic carbocycles. The molecule has 2 aliphatic heterocycles. The van der Waals surface area contributed by atoms with Crippen LogP contribution in [0.4, 0.5) is 0 Å². The first kappa shape index (κ1) is 33.1. The second-order valence-electron chi connectivity index (χ2n) is 10.2. The average molecular weight is 772 g/mol. The summed E-state index contributed by atoms with van der Waals surface area (Å²) < 4.78 is 35.4. The molecule has 6 heterocycles. The molecule has 0 spiro atoms. The van der Waals surface area contributed by atoms with E-state index in [2.05, 4.69) is 29.9 Å². The van der Waals surface area contributed by atoms with Crippen molar-refractivity contribution in [3.8, 4) is 11.1 Å². The summed E-state index contributed by atoms with van der Waals surface area (Å²) in [6, 6.07) is 19.4. The number of nitrogens with two attached hydrogens (primary N) is 1. The minimum Gasteiger partial charge on any atom is -0.480 e. The number of hydrogen-bond donors (Lipinski definition) is 6. The molecule has 14 heteroatoms. The molecule has 4 aromatic heterocycles. The van der Waals surface area contributed by atoms with Crippen LogP contribution in [0.15, 0.2) is 84.1 Å². The van der Waals surface area contributed by atoms with Gasteiger partial charge in [0.15, 0.2) is 0 Å². The van der Waals surface area contributed by atoms with Crippen LogP contribution in [-0.4, -0.2) is 60.0 Å². The zero-order valence-electron chi connectivity index (χ0n) is 24.0. The third-order valence-electron chi connectivity index (χ3n) is 6.92. The smallest absolute Gasteiger partial charge is 0.320 e. The Morgan fingerprint density at radius 2 is 1.39 bits per heavy atom. The van der Waals surface area contributed by atoms with Crippen molar-refractivity contribution in [3.63, 3.8) is 0 Å². The van der Waals surface area contributed by atoms with Gasteiger partial charge in [-0.25, -0.2) is 15.0 Å². The zero-order chi connectivity index (χ0) is 31.6. The SMILES string of the molecule is NC(Cc1c[nH]cn1)C(=O)O.O=S(=O)(O)c1c(-c2ccccc2)c2cc3nc(cc4ccc(cc5nc(cc1[nH]2)C=C5)[nH]4)C=C3.[Sm]. The second-order valence-corrected chi connectivity index (χ2v) is 11.6. The van der Waals surface area contributed by atoms with Crippen LogP contribution in [0.3, 0.4) is 0 Å². The Bertz CT molecular complexity index is 2230. The Hall–Kier alpha value is -4.29. The van der Waals surface area contributed by atoms with Crippen LogP contribution in [0.5, 0.6) is 0 Å². The van der Waals surface area contributed by atoms with E-state index in [1.165, 1.54) is 6.33 Å². The number of fused-ring (bicyclic) bond motifs is 8. The molecule has 1 unspecified atom stereocenters. The first-order valence-corrected chi connectivity index (χ1v) is 15.2. The van der Waals surface area contributed by atoms with Gasteiger partial charge < -0.3 is 25.8 Å². The van der Waals surface area contributed by atoms with Crippen LogP contribution in [0.2, 0.25) is 0 Å². The summed E-state index contributed by atoms with van der Waals surface area (Å²) >= 11 is 0. The number of nitrogens with one attached hydrogen (secondary N) is 3. The average Bonchev–Trinajstić information content (AvgIpc) is 3.83. The molecule has 12 nitrogen and oxygen atoms in total. The number of benzene rings is 1. The molecule has 0 fully saturated rings. The van der Waals surface area contributed by atoms with Gasteiger partial charge in [-0.1, -0.05) is 30.3 Å². The largest absolute Gasteiger partial charge is 0.480 e. The molecule has 46 heavy (non-hydrogen) atoms. The molecule has 1 atom stereocenters. The fraction of sp³-hybridized carbons (Fsp3) is 0.0625. The van der Waals surface area contributed by atoms with Crippen LogP contribution >= 0.6 is 0 Å². The number of aliphatic carboxylic acids is 1. The Balaban J connectivity index is 0.000000297. The van der Waals surface area contributed by atoms with E-state index in [1.54, 1.807) is 36.5 Å². The third kappa shape index (κ3) is 7.73. The molecule has 8 bridgehead atoms. The van der Waals surface area contributed by atoms with E-state index < -0.39 is 22.1 Å². The van der Waals surface area contributed by atoms with Crippen LogP contribution in [0, 0.1) is 40.4 Å². The van der Waals surface area contributed by atoms with Gasteiger partial charge in [-0.05, 0) is 66.3 Å². The number of carboxylic acid groups (broad SMARTS) is 1. The molecule has 5 aromatic rings. The molecular weight excluding hydrogens is 745 g/mol. The van der Waals surface area contributed by atoms with Crippen molar-refractivity contribution in [2.24, 2.45) is 5.73 Å². The maximum Gasteiger partial charge on any atom is 0.320 e. The van der Waals surface area contributed by atoms with Gasteiger partial charge in [0.1, 0.15) is 10.9 Å². The minimum absolute atomic E-state index is 0. The maximum atomic E-state index is 12.6. The van der Waals surface area contributed by atoms with Crippen molar-refractivity contribution >= 4 is 62.5 Å². The monoisotopic (exact) mass is 773 g/mol. The van der Waals surface area contributed by atoms with Gasteiger partial charge in [-0.3, -0.25) is 9.35 Å². The molecule has 0 saturated heterocycles. The van der Waals surface area contributed by atoms with E-state index in [4.69, 9.17) is 10.8 Å². The van der Waals surface area contributed by atoms with Crippen LogP contribution in [-0.2, 0) is 21.3 Å². The van der Waals surface area contributed by atoms with Gasteiger partial charge >= 0.3 is 5.97 Å². The van der Waals surface area contributed by atoms with E-state index in [-0.39, 0.29) is 57.2 Å². The van der Waals surface area contributed by atoms with Crippen LogP contribution in [0.1, 0.15) is 28.5 Å². The summed E-state index contributed by atoms with van der Waals surface area (Å²) in [5.74, 6) is -1.01. The Morgan fingerprint density at radius 3 is 1.91 bits per heavy atom. The molecule has 7 N–H and O–H groups in total. The van der Waals surface area contributed by atoms with Crippen LogP contribution < -0.4 is 5.73 Å². The van der Waals surface area contributed by atoms with Gasteiger partial charge in [0, 0.05) is 69.6 Å². The number of rotatable bonds is 5. The number of carbonyl (C=O) groups is 1. The number of nitrogens with zero attached hydrogens (tertiary/aromatic N) is 3. The quantitative estimate of drug-likeness (QED) is 0.131. The van der Waals surface area contributed by atoms with Crippen molar-refractivity contribution in [1.29, 1.82) is 0 Å².